The number of carbonyl (C=O) groups is 1. The molecule has 0 spiro atoms. The fourth-order valence-electron chi connectivity index (χ4n) is 5.23. The molecule has 31 heavy (non-hydrogen) atoms. The average molecular weight is 422 g/mol. The van der Waals surface area contributed by atoms with E-state index in [4.69, 9.17) is 9.47 Å². The molecule has 0 aromatic heterocycles. The highest BCUT2D eigenvalue weighted by Crippen LogP contribution is 2.39. The second kappa shape index (κ2) is 8.79. The molecule has 164 valence electrons. The highest BCUT2D eigenvalue weighted by Gasteiger charge is 2.42. The van der Waals surface area contributed by atoms with Gasteiger partial charge in [-0.25, -0.2) is 0 Å². The summed E-state index contributed by atoms with van der Waals surface area (Å²) in [7, 11) is 1.71. The molecule has 0 saturated carbocycles. The van der Waals surface area contributed by atoms with Crippen LogP contribution in [0.1, 0.15) is 18.4 Å². The van der Waals surface area contributed by atoms with Crippen molar-refractivity contribution in [2.45, 2.75) is 31.4 Å². The Morgan fingerprint density at radius 1 is 1.19 bits per heavy atom. The van der Waals surface area contributed by atoms with Crippen LogP contribution in [0, 0.1) is 5.92 Å². The molecular weight excluding hydrogens is 390 g/mol. The van der Waals surface area contributed by atoms with Crippen LogP contribution in [0.15, 0.2) is 48.5 Å². The molecule has 0 aliphatic carbocycles. The number of piperazine rings is 1. The second-order valence-electron chi connectivity index (χ2n) is 8.73. The Bertz CT molecular complexity index is 913. The van der Waals surface area contributed by atoms with Gasteiger partial charge in [-0.3, -0.25) is 4.79 Å². The van der Waals surface area contributed by atoms with Gasteiger partial charge in [-0.05, 0) is 43.0 Å². The van der Waals surface area contributed by atoms with Gasteiger partial charge in [0.25, 0.3) is 0 Å². The third-order valence-corrected chi connectivity index (χ3v) is 6.91. The van der Waals surface area contributed by atoms with Gasteiger partial charge in [0.2, 0.25) is 5.91 Å². The zero-order valence-corrected chi connectivity index (χ0v) is 18.1. The molecule has 1 amide bonds. The maximum absolute atomic E-state index is 13.3. The summed E-state index contributed by atoms with van der Waals surface area (Å²) < 4.78 is 11.2. The Labute approximate surface area is 184 Å². The number of carbonyl (C=O) groups excluding carboxylic acids is 1. The topological polar surface area (TPSA) is 54.0 Å². The first-order chi connectivity index (χ1) is 15.2. The number of nitrogens with zero attached hydrogens (tertiary/aromatic N) is 2. The van der Waals surface area contributed by atoms with Crippen LogP contribution in [0.4, 0.5) is 11.4 Å². The Balaban J connectivity index is 1.40. The number of anilines is 2. The minimum absolute atomic E-state index is 0.0891. The Hall–Kier alpha value is -2.73. The van der Waals surface area contributed by atoms with E-state index in [1.165, 1.54) is 16.9 Å². The van der Waals surface area contributed by atoms with Gasteiger partial charge in [0, 0.05) is 50.2 Å². The smallest absolute Gasteiger partial charge is 0.225 e. The largest absolute Gasteiger partial charge is 0.497 e. The molecule has 2 saturated heterocycles. The van der Waals surface area contributed by atoms with E-state index in [0.717, 1.165) is 51.3 Å². The molecule has 2 fully saturated rings. The van der Waals surface area contributed by atoms with Gasteiger partial charge in [-0.15, -0.1) is 0 Å². The Kier molecular flexibility index (Phi) is 5.72. The lowest BCUT2D eigenvalue weighted by Gasteiger charge is -2.49. The van der Waals surface area contributed by atoms with Crippen molar-refractivity contribution in [1.29, 1.82) is 0 Å². The van der Waals surface area contributed by atoms with E-state index in [-0.39, 0.29) is 24.0 Å². The number of hydrogen-bond donors (Lipinski definition) is 1. The summed E-state index contributed by atoms with van der Waals surface area (Å²) >= 11 is 0. The van der Waals surface area contributed by atoms with E-state index >= 15 is 0 Å². The number of benzene rings is 2. The van der Waals surface area contributed by atoms with Crippen molar-refractivity contribution >= 4 is 17.3 Å². The monoisotopic (exact) mass is 421 g/mol. The molecule has 6 heteroatoms. The maximum atomic E-state index is 13.3. The van der Waals surface area contributed by atoms with Gasteiger partial charge in [-0.2, -0.15) is 0 Å². The van der Waals surface area contributed by atoms with Crippen LogP contribution >= 0.6 is 0 Å². The van der Waals surface area contributed by atoms with Crippen molar-refractivity contribution in [2.24, 2.45) is 5.92 Å². The van der Waals surface area contributed by atoms with Crippen LogP contribution < -0.4 is 19.9 Å². The van der Waals surface area contributed by atoms with E-state index in [1.54, 1.807) is 7.11 Å². The van der Waals surface area contributed by atoms with E-state index < -0.39 is 0 Å². The fourth-order valence-corrected chi connectivity index (χ4v) is 5.23. The zero-order chi connectivity index (χ0) is 21.2. The molecule has 3 aliphatic heterocycles. The number of hydrogen-bond acceptors (Lipinski definition) is 5. The van der Waals surface area contributed by atoms with Crippen molar-refractivity contribution < 1.29 is 14.3 Å². The van der Waals surface area contributed by atoms with Crippen LogP contribution in [0.3, 0.4) is 0 Å². The number of ether oxygens (including phenoxy) is 2. The predicted molar refractivity (Wildman–Crippen MR) is 122 cm³/mol. The highest BCUT2D eigenvalue weighted by atomic mass is 16.5. The summed E-state index contributed by atoms with van der Waals surface area (Å²) in [6.07, 6.45) is 3.03. The summed E-state index contributed by atoms with van der Waals surface area (Å²) in [5, 5.41) is 3.20. The third kappa shape index (κ3) is 4.09. The van der Waals surface area contributed by atoms with Gasteiger partial charge in [-0.1, -0.05) is 24.3 Å². The molecule has 3 atom stereocenters. The number of rotatable bonds is 5. The number of methoxy groups -OCH3 is 1. The lowest BCUT2D eigenvalue weighted by Crippen LogP contribution is -2.61. The predicted octanol–water partition coefficient (Wildman–Crippen LogP) is 2.86. The number of amides is 1. The van der Waals surface area contributed by atoms with E-state index in [0.29, 0.717) is 6.54 Å². The van der Waals surface area contributed by atoms with Gasteiger partial charge < -0.3 is 24.6 Å². The number of nitrogens with one attached hydrogen (secondary N) is 1. The summed E-state index contributed by atoms with van der Waals surface area (Å²) in [4.78, 5) is 18.2. The number of fused-ring (bicyclic) bond motifs is 3. The minimum Gasteiger partial charge on any atom is -0.497 e. The molecule has 2 aromatic rings. The van der Waals surface area contributed by atoms with Crippen molar-refractivity contribution in [2.75, 3.05) is 49.7 Å². The Morgan fingerprint density at radius 3 is 2.84 bits per heavy atom. The Morgan fingerprint density at radius 2 is 2.06 bits per heavy atom. The van der Waals surface area contributed by atoms with Crippen molar-refractivity contribution in [1.82, 2.24) is 5.32 Å². The lowest BCUT2D eigenvalue weighted by molar-refractivity contribution is -0.126. The summed E-state index contributed by atoms with van der Waals surface area (Å²) in [5.41, 5.74) is 3.65. The minimum atomic E-state index is -0.0891. The summed E-state index contributed by atoms with van der Waals surface area (Å²) in [6.45, 7) is 4.07. The first-order valence-corrected chi connectivity index (χ1v) is 11.4. The SMILES string of the molecule is COc1ccc2c(c1)N1CCN(c3ccccc3)CC1C(C(=O)NCC1CCCO1)C2. The van der Waals surface area contributed by atoms with Crippen LogP contribution in [0.5, 0.6) is 5.75 Å². The quantitative estimate of drug-likeness (QED) is 0.805. The van der Waals surface area contributed by atoms with Crippen LogP contribution in [-0.2, 0) is 16.0 Å². The second-order valence-corrected chi connectivity index (χ2v) is 8.73. The van der Waals surface area contributed by atoms with Gasteiger partial charge in [0.15, 0.2) is 0 Å². The van der Waals surface area contributed by atoms with E-state index in [1.807, 2.05) is 12.1 Å². The molecule has 0 radical (unpaired) electrons. The molecule has 0 bridgehead atoms. The van der Waals surface area contributed by atoms with Crippen molar-refractivity contribution in [3.8, 4) is 5.75 Å². The fraction of sp³-hybridized carbons (Fsp3) is 0.480. The first kappa shape index (κ1) is 20.2. The first-order valence-electron chi connectivity index (χ1n) is 11.4. The molecular formula is C25H31N3O3. The summed E-state index contributed by atoms with van der Waals surface area (Å²) in [6, 6.07) is 16.9. The van der Waals surface area contributed by atoms with Crippen LogP contribution in [0.25, 0.3) is 0 Å². The maximum Gasteiger partial charge on any atom is 0.225 e. The van der Waals surface area contributed by atoms with Crippen LogP contribution in [0.2, 0.25) is 0 Å². The molecule has 6 nitrogen and oxygen atoms in total. The normalized spacial score (nSPS) is 25.0. The summed E-state index contributed by atoms with van der Waals surface area (Å²) in [5.74, 6) is 0.917. The molecule has 2 aromatic carbocycles. The van der Waals surface area contributed by atoms with Crippen molar-refractivity contribution in [3.05, 3.63) is 54.1 Å². The number of para-hydroxylation sites is 1. The highest BCUT2D eigenvalue weighted by molar-refractivity contribution is 5.82. The van der Waals surface area contributed by atoms with Gasteiger partial charge >= 0.3 is 0 Å². The molecule has 1 N–H and O–H groups in total. The third-order valence-electron chi connectivity index (χ3n) is 6.91. The van der Waals surface area contributed by atoms with E-state index in [9.17, 15) is 4.79 Å². The van der Waals surface area contributed by atoms with Crippen LogP contribution in [-0.4, -0.2) is 57.9 Å². The molecule has 5 rings (SSSR count). The zero-order valence-electron chi connectivity index (χ0n) is 18.1. The standard InChI is InChI=1S/C25H31N3O3/c1-30-20-10-9-18-14-22(25(29)26-16-21-8-5-13-31-21)24-17-27(19-6-3-2-4-7-19)11-12-28(24)23(18)15-20/h2-4,6-7,9-10,15,21-22,24H,5,8,11-14,16-17H2,1H3,(H,26,29). The van der Waals surface area contributed by atoms with Gasteiger partial charge in [0.05, 0.1) is 25.2 Å². The molecule has 3 aliphatic rings. The molecule has 3 heterocycles. The van der Waals surface area contributed by atoms with Gasteiger partial charge in [0.1, 0.15) is 5.75 Å². The molecule has 3 unspecified atom stereocenters. The van der Waals surface area contributed by atoms with Crippen molar-refractivity contribution in [3.63, 3.8) is 0 Å². The lowest BCUT2D eigenvalue weighted by atomic mass is 9.83. The average Bonchev–Trinajstić information content (AvgIpc) is 3.35. The van der Waals surface area contributed by atoms with E-state index in [2.05, 4.69) is 51.5 Å².